The maximum absolute atomic E-state index is 4.91. The third-order valence-electron chi connectivity index (χ3n) is 0.752. The van der Waals surface area contributed by atoms with Crippen LogP contribution in [0.25, 0.3) is 0 Å². The lowest BCUT2D eigenvalue weighted by Crippen LogP contribution is -2.01. The molecule has 1 aliphatic rings. The number of hydrogen-bond acceptors (Lipinski definition) is 2. The molecule has 0 saturated carbocycles. The minimum atomic E-state index is 0.673. The van der Waals surface area contributed by atoms with Crippen molar-refractivity contribution in [2.24, 2.45) is 0 Å². The second-order valence-electron chi connectivity index (χ2n) is 1.22. The van der Waals surface area contributed by atoms with E-state index in [1.807, 2.05) is 12.3 Å². The lowest BCUT2D eigenvalue weighted by atomic mass is 10.7. The first-order chi connectivity index (χ1) is 3.43. The van der Waals surface area contributed by atoms with E-state index in [1.54, 1.807) is 11.3 Å². The molecule has 1 rings (SSSR count). The van der Waals surface area contributed by atoms with Crippen LogP contribution in [-0.2, 0) is 4.84 Å². The Morgan fingerprint density at radius 3 is 3.00 bits per heavy atom. The molecule has 0 aromatic heterocycles. The topological polar surface area (TPSA) is 12.5 Å². The van der Waals surface area contributed by atoms with Crippen molar-refractivity contribution >= 4 is 0 Å². The van der Waals surface area contributed by atoms with E-state index >= 15 is 0 Å². The standard InChI is InChI=1S/C5H7NO/c1-2-6-4-3-5-7-6/h2-4H,1,5H2. The summed E-state index contributed by atoms with van der Waals surface area (Å²) in [5, 5.41) is 1.57. The van der Waals surface area contributed by atoms with E-state index in [2.05, 4.69) is 6.58 Å². The summed E-state index contributed by atoms with van der Waals surface area (Å²) in [5.74, 6) is 0. The second-order valence-corrected chi connectivity index (χ2v) is 1.22. The average molecular weight is 97.1 g/mol. The highest BCUT2D eigenvalue weighted by Gasteiger charge is 1.95. The first kappa shape index (κ1) is 4.40. The first-order valence-corrected chi connectivity index (χ1v) is 2.14. The van der Waals surface area contributed by atoms with Crippen LogP contribution in [0.3, 0.4) is 0 Å². The maximum Gasteiger partial charge on any atom is 0.0952 e. The van der Waals surface area contributed by atoms with Crippen molar-refractivity contribution < 1.29 is 4.84 Å². The molecule has 0 aliphatic carbocycles. The van der Waals surface area contributed by atoms with Gasteiger partial charge < -0.3 is 0 Å². The third kappa shape index (κ3) is 0.810. The Balaban J connectivity index is 2.42. The SMILES string of the molecule is C=CN1C=CCO1. The van der Waals surface area contributed by atoms with Gasteiger partial charge >= 0.3 is 0 Å². The van der Waals surface area contributed by atoms with Gasteiger partial charge in [0.05, 0.1) is 6.61 Å². The van der Waals surface area contributed by atoms with E-state index in [1.165, 1.54) is 0 Å². The normalized spacial score (nSPS) is 18.0. The Morgan fingerprint density at radius 1 is 1.86 bits per heavy atom. The summed E-state index contributed by atoms with van der Waals surface area (Å²) in [7, 11) is 0. The molecule has 0 spiro atoms. The minimum absolute atomic E-state index is 0.673. The smallest absolute Gasteiger partial charge is 0.0952 e. The molecule has 2 heteroatoms. The molecule has 0 amide bonds. The van der Waals surface area contributed by atoms with E-state index < -0.39 is 0 Å². The maximum atomic E-state index is 4.91. The van der Waals surface area contributed by atoms with Gasteiger partial charge in [0.25, 0.3) is 0 Å². The molecule has 0 N–H and O–H groups in total. The fourth-order valence-corrected chi connectivity index (χ4v) is 0.433. The Labute approximate surface area is 42.6 Å². The van der Waals surface area contributed by atoms with E-state index in [4.69, 9.17) is 4.84 Å². The summed E-state index contributed by atoms with van der Waals surface area (Å²) in [6.45, 7) is 4.16. The molecule has 0 radical (unpaired) electrons. The number of hydrogen-bond donors (Lipinski definition) is 0. The van der Waals surface area contributed by atoms with Crippen molar-refractivity contribution in [2.75, 3.05) is 6.61 Å². The van der Waals surface area contributed by atoms with Gasteiger partial charge in [-0.2, -0.15) is 0 Å². The van der Waals surface area contributed by atoms with Crippen LogP contribution in [0, 0.1) is 0 Å². The van der Waals surface area contributed by atoms with Crippen LogP contribution >= 0.6 is 0 Å². The molecule has 1 heterocycles. The molecule has 1 aliphatic heterocycles. The second kappa shape index (κ2) is 1.80. The molecule has 0 bridgehead atoms. The summed E-state index contributed by atoms with van der Waals surface area (Å²) in [6, 6.07) is 0. The molecular formula is C5H7NO. The van der Waals surface area contributed by atoms with Gasteiger partial charge in [0.2, 0.25) is 0 Å². The number of hydroxylamine groups is 2. The van der Waals surface area contributed by atoms with Crippen molar-refractivity contribution in [3.63, 3.8) is 0 Å². The monoisotopic (exact) mass is 97.1 g/mol. The minimum Gasteiger partial charge on any atom is -0.266 e. The van der Waals surface area contributed by atoms with E-state index in [-0.39, 0.29) is 0 Å². The zero-order chi connectivity index (χ0) is 5.11. The Hall–Kier alpha value is -0.760. The van der Waals surface area contributed by atoms with Gasteiger partial charge in [0, 0.05) is 12.4 Å². The average Bonchev–Trinajstić information content (AvgIpc) is 2.14. The van der Waals surface area contributed by atoms with Crippen LogP contribution in [0.15, 0.2) is 25.1 Å². The van der Waals surface area contributed by atoms with Gasteiger partial charge in [0.15, 0.2) is 0 Å². The Morgan fingerprint density at radius 2 is 2.71 bits per heavy atom. The quantitative estimate of drug-likeness (QED) is 0.481. The largest absolute Gasteiger partial charge is 0.266 e. The molecular weight excluding hydrogens is 90.1 g/mol. The lowest BCUT2D eigenvalue weighted by Gasteiger charge is -2.04. The molecule has 2 nitrogen and oxygen atoms in total. The molecule has 38 valence electrons. The van der Waals surface area contributed by atoms with Gasteiger partial charge in [-0.05, 0) is 6.08 Å². The number of rotatable bonds is 1. The van der Waals surface area contributed by atoms with Crippen LogP contribution in [0.5, 0.6) is 0 Å². The first-order valence-electron chi connectivity index (χ1n) is 2.14. The van der Waals surface area contributed by atoms with E-state index in [9.17, 15) is 0 Å². The van der Waals surface area contributed by atoms with Gasteiger partial charge in [-0.3, -0.25) is 4.84 Å². The predicted molar refractivity (Wildman–Crippen MR) is 27.1 cm³/mol. The van der Waals surface area contributed by atoms with Gasteiger partial charge in [0.1, 0.15) is 0 Å². The fraction of sp³-hybridized carbons (Fsp3) is 0.200. The van der Waals surface area contributed by atoms with Gasteiger partial charge in [-0.1, -0.05) is 6.58 Å². The predicted octanol–water partition coefficient (Wildman–Crippen LogP) is 0.891. The third-order valence-corrected chi connectivity index (χ3v) is 0.752. The van der Waals surface area contributed by atoms with Gasteiger partial charge in [-0.25, -0.2) is 5.06 Å². The highest BCUT2D eigenvalue weighted by atomic mass is 16.7. The summed E-state index contributed by atoms with van der Waals surface area (Å²) >= 11 is 0. The van der Waals surface area contributed by atoms with Crippen LogP contribution in [0.4, 0.5) is 0 Å². The van der Waals surface area contributed by atoms with Crippen LogP contribution in [-0.4, -0.2) is 11.7 Å². The van der Waals surface area contributed by atoms with Crippen LogP contribution in [0.2, 0.25) is 0 Å². The Kier molecular flexibility index (Phi) is 1.13. The molecule has 0 atom stereocenters. The van der Waals surface area contributed by atoms with Crippen molar-refractivity contribution in [2.45, 2.75) is 0 Å². The summed E-state index contributed by atoms with van der Waals surface area (Å²) in [6.07, 6.45) is 5.36. The highest BCUT2D eigenvalue weighted by Crippen LogP contribution is 1.98. The highest BCUT2D eigenvalue weighted by molar-refractivity contribution is 4.87. The molecule has 7 heavy (non-hydrogen) atoms. The zero-order valence-corrected chi connectivity index (χ0v) is 4.00. The van der Waals surface area contributed by atoms with Gasteiger partial charge in [-0.15, -0.1) is 0 Å². The zero-order valence-electron chi connectivity index (χ0n) is 4.00. The van der Waals surface area contributed by atoms with Crippen molar-refractivity contribution in [1.82, 2.24) is 5.06 Å². The lowest BCUT2D eigenvalue weighted by molar-refractivity contribution is -0.0468. The van der Waals surface area contributed by atoms with Crippen LogP contribution in [0.1, 0.15) is 0 Å². The molecule has 0 fully saturated rings. The summed E-state index contributed by atoms with van der Waals surface area (Å²) in [4.78, 5) is 4.91. The number of nitrogens with zero attached hydrogens (tertiary/aromatic N) is 1. The molecule has 0 saturated heterocycles. The Bertz CT molecular complexity index is 98.3. The molecule has 0 unspecified atom stereocenters. The van der Waals surface area contributed by atoms with E-state index in [0.717, 1.165) is 0 Å². The summed E-state index contributed by atoms with van der Waals surface area (Å²) in [5.41, 5.74) is 0. The van der Waals surface area contributed by atoms with Crippen molar-refractivity contribution in [3.8, 4) is 0 Å². The fourth-order valence-electron chi connectivity index (χ4n) is 0.433. The summed E-state index contributed by atoms with van der Waals surface area (Å²) < 4.78 is 0. The van der Waals surface area contributed by atoms with E-state index in [0.29, 0.717) is 6.61 Å². The molecule has 0 aromatic carbocycles. The van der Waals surface area contributed by atoms with Crippen molar-refractivity contribution in [3.05, 3.63) is 25.1 Å². The van der Waals surface area contributed by atoms with Crippen molar-refractivity contribution in [1.29, 1.82) is 0 Å². The molecule has 0 aromatic rings. The van der Waals surface area contributed by atoms with Crippen LogP contribution < -0.4 is 0 Å².